The van der Waals surface area contributed by atoms with E-state index in [1.807, 2.05) is 0 Å². The van der Waals surface area contributed by atoms with Crippen LogP contribution in [0.15, 0.2) is 12.1 Å². The molecule has 1 aliphatic heterocycles. The van der Waals surface area contributed by atoms with E-state index in [9.17, 15) is 4.79 Å². The number of aliphatic carboxylic acids is 1. The van der Waals surface area contributed by atoms with Gasteiger partial charge in [0.15, 0.2) is 0 Å². The van der Waals surface area contributed by atoms with E-state index in [2.05, 4.69) is 5.32 Å². The van der Waals surface area contributed by atoms with Gasteiger partial charge >= 0.3 is 5.97 Å². The van der Waals surface area contributed by atoms with E-state index in [0.29, 0.717) is 22.2 Å². The fourth-order valence-electron chi connectivity index (χ4n) is 1.53. The molecular formula is C9H7Cl2NO2. The first-order chi connectivity index (χ1) is 6.59. The van der Waals surface area contributed by atoms with Gasteiger partial charge in [0.2, 0.25) is 0 Å². The Kier molecular flexibility index (Phi) is 2.29. The minimum Gasteiger partial charge on any atom is -0.480 e. The van der Waals surface area contributed by atoms with Crippen molar-refractivity contribution in [3.63, 3.8) is 0 Å². The second-order valence-electron chi connectivity index (χ2n) is 3.12. The SMILES string of the molecule is O=C(O)C1Cc2c(Cl)ccc(Cl)c2N1. The van der Waals surface area contributed by atoms with Crippen LogP contribution in [0.1, 0.15) is 5.56 Å². The number of fused-ring (bicyclic) bond motifs is 1. The van der Waals surface area contributed by atoms with Crippen LogP contribution in [0.25, 0.3) is 0 Å². The molecule has 0 bridgehead atoms. The smallest absolute Gasteiger partial charge is 0.326 e. The molecule has 0 aromatic heterocycles. The Bertz CT molecular complexity index is 375. The number of anilines is 1. The molecule has 2 rings (SSSR count). The van der Waals surface area contributed by atoms with Crippen LogP contribution in [-0.4, -0.2) is 17.1 Å². The summed E-state index contributed by atoms with van der Waals surface area (Å²) in [6.07, 6.45) is 0.379. The highest BCUT2D eigenvalue weighted by Gasteiger charge is 2.29. The zero-order valence-electron chi connectivity index (χ0n) is 7.05. The van der Waals surface area contributed by atoms with Gasteiger partial charge in [-0.25, -0.2) is 4.79 Å². The summed E-state index contributed by atoms with van der Waals surface area (Å²) < 4.78 is 0. The highest BCUT2D eigenvalue weighted by atomic mass is 35.5. The topological polar surface area (TPSA) is 49.3 Å². The van der Waals surface area contributed by atoms with Gasteiger partial charge in [0.25, 0.3) is 0 Å². The summed E-state index contributed by atoms with van der Waals surface area (Å²) in [4.78, 5) is 10.7. The molecule has 1 aromatic rings. The van der Waals surface area contributed by atoms with Gasteiger partial charge in [-0.1, -0.05) is 23.2 Å². The number of rotatable bonds is 1. The summed E-state index contributed by atoms with van der Waals surface area (Å²) in [5.41, 5.74) is 1.43. The predicted octanol–water partition coefficient (Wildman–Crippen LogP) is 2.41. The van der Waals surface area contributed by atoms with Crippen LogP contribution in [0.2, 0.25) is 10.0 Å². The number of benzene rings is 1. The number of carbonyl (C=O) groups is 1. The number of halogens is 2. The normalized spacial score (nSPS) is 18.9. The van der Waals surface area contributed by atoms with Gasteiger partial charge < -0.3 is 10.4 Å². The lowest BCUT2D eigenvalue weighted by molar-refractivity contribution is -0.137. The summed E-state index contributed by atoms with van der Waals surface area (Å²) in [7, 11) is 0. The molecule has 3 nitrogen and oxygen atoms in total. The Hall–Kier alpha value is -0.930. The van der Waals surface area contributed by atoms with Crippen LogP contribution < -0.4 is 5.32 Å². The molecule has 1 aromatic carbocycles. The summed E-state index contributed by atoms with van der Waals surface area (Å²) >= 11 is 11.8. The molecular weight excluding hydrogens is 225 g/mol. The Morgan fingerprint density at radius 3 is 2.64 bits per heavy atom. The van der Waals surface area contributed by atoms with Crippen molar-refractivity contribution >= 4 is 34.9 Å². The average Bonchev–Trinajstić information content (AvgIpc) is 2.57. The Morgan fingerprint density at radius 1 is 1.43 bits per heavy atom. The predicted molar refractivity (Wildman–Crippen MR) is 55.2 cm³/mol. The third kappa shape index (κ3) is 1.42. The van der Waals surface area contributed by atoms with Crippen LogP contribution in [0.5, 0.6) is 0 Å². The van der Waals surface area contributed by atoms with Gasteiger partial charge in [-0.3, -0.25) is 0 Å². The Labute approximate surface area is 90.6 Å². The van der Waals surface area contributed by atoms with Crippen LogP contribution in [0.3, 0.4) is 0 Å². The first-order valence-corrected chi connectivity index (χ1v) is 4.81. The van der Waals surface area contributed by atoms with Crippen molar-refractivity contribution in [2.75, 3.05) is 5.32 Å². The molecule has 0 radical (unpaired) electrons. The molecule has 14 heavy (non-hydrogen) atoms. The minimum absolute atomic E-state index is 0.379. The van der Waals surface area contributed by atoms with E-state index in [1.165, 1.54) is 0 Å². The van der Waals surface area contributed by atoms with E-state index in [0.717, 1.165) is 5.56 Å². The van der Waals surface area contributed by atoms with Crippen molar-refractivity contribution < 1.29 is 9.90 Å². The average molecular weight is 232 g/mol. The third-order valence-electron chi connectivity index (χ3n) is 2.23. The fraction of sp³-hybridized carbons (Fsp3) is 0.222. The van der Waals surface area contributed by atoms with Gasteiger partial charge in [0.05, 0.1) is 10.7 Å². The van der Waals surface area contributed by atoms with Crippen LogP contribution in [-0.2, 0) is 11.2 Å². The van der Waals surface area contributed by atoms with Crippen molar-refractivity contribution in [2.24, 2.45) is 0 Å². The first-order valence-electron chi connectivity index (χ1n) is 4.06. The summed E-state index contributed by atoms with van der Waals surface area (Å²) in [6, 6.07) is 2.71. The molecule has 1 unspecified atom stereocenters. The maximum atomic E-state index is 10.7. The summed E-state index contributed by atoms with van der Waals surface area (Å²) in [5, 5.41) is 12.7. The number of hydrogen-bond acceptors (Lipinski definition) is 2. The lowest BCUT2D eigenvalue weighted by Gasteiger charge is -2.05. The molecule has 0 saturated heterocycles. The maximum absolute atomic E-state index is 10.7. The minimum atomic E-state index is -0.895. The largest absolute Gasteiger partial charge is 0.480 e. The number of hydrogen-bond donors (Lipinski definition) is 2. The zero-order chi connectivity index (χ0) is 10.3. The highest BCUT2D eigenvalue weighted by Crippen LogP contribution is 2.37. The number of nitrogens with one attached hydrogen (secondary N) is 1. The lowest BCUT2D eigenvalue weighted by Crippen LogP contribution is -2.26. The summed E-state index contributed by atoms with van der Waals surface area (Å²) in [5.74, 6) is -0.895. The molecule has 0 fully saturated rings. The molecule has 2 N–H and O–H groups in total. The molecule has 1 aliphatic rings. The fourth-order valence-corrected chi connectivity index (χ4v) is 1.99. The van der Waals surface area contributed by atoms with E-state index >= 15 is 0 Å². The molecule has 5 heteroatoms. The highest BCUT2D eigenvalue weighted by molar-refractivity contribution is 6.36. The van der Waals surface area contributed by atoms with Crippen LogP contribution in [0, 0.1) is 0 Å². The first kappa shape index (κ1) is 9.62. The summed E-state index contributed by atoms with van der Waals surface area (Å²) in [6.45, 7) is 0. The van der Waals surface area contributed by atoms with Crippen molar-refractivity contribution in [3.8, 4) is 0 Å². The standard InChI is InChI=1S/C9H7Cl2NO2/c10-5-1-2-6(11)8-4(5)3-7(12-8)9(13)14/h1-2,7,12H,3H2,(H,13,14). The van der Waals surface area contributed by atoms with Crippen molar-refractivity contribution in [1.29, 1.82) is 0 Å². The number of carboxylic acids is 1. The van der Waals surface area contributed by atoms with Crippen LogP contribution in [0.4, 0.5) is 5.69 Å². The molecule has 1 atom stereocenters. The number of carboxylic acid groups (broad SMARTS) is 1. The molecule has 0 aliphatic carbocycles. The van der Waals surface area contributed by atoms with Gasteiger partial charge in [-0.15, -0.1) is 0 Å². The molecule has 0 spiro atoms. The van der Waals surface area contributed by atoms with E-state index < -0.39 is 12.0 Å². The molecule has 0 amide bonds. The van der Waals surface area contributed by atoms with Gasteiger partial charge in [0.1, 0.15) is 6.04 Å². The van der Waals surface area contributed by atoms with E-state index in [1.54, 1.807) is 12.1 Å². The second kappa shape index (κ2) is 3.33. The zero-order valence-corrected chi connectivity index (χ0v) is 8.56. The maximum Gasteiger partial charge on any atom is 0.326 e. The molecule has 74 valence electrons. The molecule has 1 heterocycles. The van der Waals surface area contributed by atoms with E-state index in [-0.39, 0.29) is 0 Å². The Morgan fingerprint density at radius 2 is 2.07 bits per heavy atom. The second-order valence-corrected chi connectivity index (χ2v) is 3.94. The van der Waals surface area contributed by atoms with Gasteiger partial charge in [-0.05, 0) is 17.7 Å². The Balaban J connectivity index is 2.43. The van der Waals surface area contributed by atoms with Crippen molar-refractivity contribution in [1.82, 2.24) is 0 Å². The lowest BCUT2D eigenvalue weighted by atomic mass is 10.1. The van der Waals surface area contributed by atoms with E-state index in [4.69, 9.17) is 28.3 Å². The quantitative estimate of drug-likeness (QED) is 0.781. The third-order valence-corrected chi connectivity index (χ3v) is 2.90. The monoisotopic (exact) mass is 231 g/mol. The van der Waals surface area contributed by atoms with Crippen molar-refractivity contribution in [3.05, 3.63) is 27.7 Å². The van der Waals surface area contributed by atoms with Crippen molar-refractivity contribution in [2.45, 2.75) is 12.5 Å². The molecule has 0 saturated carbocycles. The van der Waals surface area contributed by atoms with Gasteiger partial charge in [-0.2, -0.15) is 0 Å². The van der Waals surface area contributed by atoms with Gasteiger partial charge in [0, 0.05) is 11.4 Å². The van der Waals surface area contributed by atoms with Crippen LogP contribution >= 0.6 is 23.2 Å².